The lowest BCUT2D eigenvalue weighted by atomic mass is 10.1. The fourth-order valence-corrected chi connectivity index (χ4v) is 4.84. The quantitative estimate of drug-likeness (QED) is 0.472. The topological polar surface area (TPSA) is 101 Å². The smallest absolute Gasteiger partial charge is 0.253 e. The van der Waals surface area contributed by atoms with E-state index < -0.39 is 0 Å². The van der Waals surface area contributed by atoms with Gasteiger partial charge >= 0.3 is 0 Å². The van der Waals surface area contributed by atoms with Gasteiger partial charge in [0.1, 0.15) is 6.61 Å². The van der Waals surface area contributed by atoms with Gasteiger partial charge in [0, 0.05) is 81.1 Å². The molecule has 11 heteroatoms. The molecule has 1 amide bonds. The second kappa shape index (κ2) is 11.5. The van der Waals surface area contributed by atoms with E-state index in [0.717, 1.165) is 54.4 Å². The average molecular weight is 533 g/mol. The van der Waals surface area contributed by atoms with Crippen LogP contribution in [-0.2, 0) is 18.1 Å². The number of aliphatic hydroxyl groups is 1. The van der Waals surface area contributed by atoms with Gasteiger partial charge in [-0.2, -0.15) is 4.98 Å². The van der Waals surface area contributed by atoms with Gasteiger partial charge in [-0.1, -0.05) is 11.2 Å². The molecule has 2 aromatic carbocycles. The van der Waals surface area contributed by atoms with Crippen molar-refractivity contribution in [1.82, 2.24) is 24.9 Å². The van der Waals surface area contributed by atoms with Gasteiger partial charge in [0.25, 0.3) is 5.91 Å². The summed E-state index contributed by atoms with van der Waals surface area (Å²) >= 11 is 0. The molecular formula is C28H36N8O3. The van der Waals surface area contributed by atoms with Gasteiger partial charge in [0.2, 0.25) is 5.95 Å². The number of piperazine rings is 1. The number of fused-ring (bicyclic) bond motifs is 1. The van der Waals surface area contributed by atoms with Crippen LogP contribution in [0.1, 0.15) is 28.4 Å². The Labute approximate surface area is 229 Å². The van der Waals surface area contributed by atoms with Gasteiger partial charge in [-0.15, -0.1) is 0 Å². The second-order valence-electron chi connectivity index (χ2n) is 9.96. The Bertz CT molecular complexity index is 1330. The number of hydrazine groups is 1. The SMILES string of the molecule is CCN1OCc2cnc(Nc3ccc(N4CCN(C)CC4)c(CO)c3)nc2N1c1cccc(C(=O)N(C)C)c1. The molecule has 1 saturated heterocycles. The molecule has 2 N–H and O–H groups in total. The van der Waals surface area contributed by atoms with Crippen molar-refractivity contribution in [1.29, 1.82) is 0 Å². The fourth-order valence-electron chi connectivity index (χ4n) is 4.84. The highest BCUT2D eigenvalue weighted by Gasteiger charge is 2.29. The minimum Gasteiger partial charge on any atom is -0.392 e. The Morgan fingerprint density at radius 2 is 1.92 bits per heavy atom. The zero-order valence-corrected chi connectivity index (χ0v) is 23.0. The predicted octanol–water partition coefficient (Wildman–Crippen LogP) is 2.99. The molecule has 0 radical (unpaired) electrons. The summed E-state index contributed by atoms with van der Waals surface area (Å²) < 4.78 is 0. The van der Waals surface area contributed by atoms with Crippen LogP contribution >= 0.6 is 0 Å². The van der Waals surface area contributed by atoms with E-state index in [2.05, 4.69) is 27.1 Å². The molecule has 206 valence electrons. The highest BCUT2D eigenvalue weighted by atomic mass is 16.7. The van der Waals surface area contributed by atoms with Crippen molar-refractivity contribution in [3.05, 3.63) is 65.4 Å². The second-order valence-corrected chi connectivity index (χ2v) is 9.96. The Morgan fingerprint density at radius 3 is 2.64 bits per heavy atom. The molecule has 2 aliphatic rings. The number of anilines is 5. The monoisotopic (exact) mass is 532 g/mol. The Morgan fingerprint density at radius 1 is 1.13 bits per heavy atom. The van der Waals surface area contributed by atoms with Crippen molar-refractivity contribution in [2.24, 2.45) is 0 Å². The molecular weight excluding hydrogens is 496 g/mol. The summed E-state index contributed by atoms with van der Waals surface area (Å²) in [6.07, 6.45) is 1.76. The molecule has 3 heterocycles. The van der Waals surface area contributed by atoms with Crippen LogP contribution in [0.2, 0.25) is 0 Å². The van der Waals surface area contributed by atoms with E-state index in [1.165, 1.54) is 0 Å². The summed E-state index contributed by atoms with van der Waals surface area (Å²) in [5.41, 5.74) is 4.87. The first-order chi connectivity index (χ1) is 18.9. The molecule has 2 aliphatic heterocycles. The Hall–Kier alpha value is -3.77. The van der Waals surface area contributed by atoms with Crippen molar-refractivity contribution >= 4 is 34.7 Å². The summed E-state index contributed by atoms with van der Waals surface area (Å²) in [6, 6.07) is 13.4. The summed E-state index contributed by atoms with van der Waals surface area (Å²) in [4.78, 5) is 34.2. The van der Waals surface area contributed by atoms with Crippen LogP contribution in [0, 0.1) is 0 Å². The molecule has 0 aliphatic carbocycles. The predicted molar refractivity (Wildman–Crippen MR) is 151 cm³/mol. The molecule has 1 fully saturated rings. The maximum absolute atomic E-state index is 12.6. The number of benzene rings is 2. The number of amides is 1. The molecule has 1 aromatic heterocycles. The van der Waals surface area contributed by atoms with Crippen molar-refractivity contribution < 1.29 is 14.7 Å². The van der Waals surface area contributed by atoms with E-state index in [1.807, 2.05) is 48.3 Å². The standard InChI is InChI=1S/C28H36N8O3/c1-5-35-36(24-8-6-7-20(16-24)27(38)32(2)3)26-22(19-39-35)17-29-28(31-26)30-23-9-10-25(21(15-23)18-37)34-13-11-33(4)12-14-34/h6-10,15-17,37H,5,11-14,18-19H2,1-4H3,(H,29,30,31). The number of hydrogen-bond donors (Lipinski definition) is 2. The third-order valence-corrected chi connectivity index (χ3v) is 7.00. The maximum Gasteiger partial charge on any atom is 0.253 e. The molecule has 5 rings (SSSR count). The number of carbonyl (C=O) groups excluding carboxylic acids is 1. The first-order valence-corrected chi connectivity index (χ1v) is 13.2. The third kappa shape index (κ3) is 5.66. The summed E-state index contributed by atoms with van der Waals surface area (Å²) in [5.74, 6) is 1.02. The molecule has 3 aromatic rings. The molecule has 0 saturated carbocycles. The van der Waals surface area contributed by atoms with Crippen molar-refractivity contribution in [2.45, 2.75) is 20.1 Å². The van der Waals surface area contributed by atoms with Crippen LogP contribution < -0.4 is 15.2 Å². The van der Waals surface area contributed by atoms with Crippen molar-refractivity contribution in [3.8, 4) is 0 Å². The number of nitrogens with zero attached hydrogens (tertiary/aromatic N) is 7. The highest BCUT2D eigenvalue weighted by Crippen LogP contribution is 2.35. The molecule has 0 spiro atoms. The van der Waals surface area contributed by atoms with Gasteiger partial charge in [-0.3, -0.25) is 9.63 Å². The van der Waals surface area contributed by atoms with Crippen LogP contribution in [0.15, 0.2) is 48.7 Å². The summed E-state index contributed by atoms with van der Waals surface area (Å²) in [7, 11) is 5.60. The number of carbonyl (C=O) groups is 1. The minimum atomic E-state index is -0.0807. The number of hydrogen-bond acceptors (Lipinski definition) is 10. The van der Waals surface area contributed by atoms with E-state index in [4.69, 9.17) is 9.82 Å². The largest absolute Gasteiger partial charge is 0.392 e. The van der Waals surface area contributed by atoms with Crippen molar-refractivity contribution in [2.75, 3.05) is 69.1 Å². The normalized spacial score (nSPS) is 16.2. The maximum atomic E-state index is 12.6. The van der Waals surface area contributed by atoms with Gasteiger partial charge in [-0.25, -0.2) is 9.99 Å². The van der Waals surface area contributed by atoms with Crippen molar-refractivity contribution in [3.63, 3.8) is 0 Å². The van der Waals surface area contributed by atoms with Crippen LogP contribution in [0.3, 0.4) is 0 Å². The van der Waals surface area contributed by atoms with Gasteiger partial charge < -0.3 is 25.1 Å². The number of nitrogens with one attached hydrogen (secondary N) is 1. The van der Waals surface area contributed by atoms with E-state index in [0.29, 0.717) is 30.5 Å². The van der Waals surface area contributed by atoms with E-state index in [9.17, 15) is 9.90 Å². The van der Waals surface area contributed by atoms with Gasteiger partial charge in [-0.05, 0) is 50.4 Å². The van der Waals surface area contributed by atoms with Gasteiger partial charge in [0.15, 0.2) is 5.82 Å². The van der Waals surface area contributed by atoms with E-state index in [1.54, 1.807) is 36.4 Å². The Kier molecular flexibility index (Phi) is 7.94. The first-order valence-electron chi connectivity index (χ1n) is 13.2. The first kappa shape index (κ1) is 26.8. The van der Waals surface area contributed by atoms with Crippen LogP contribution in [0.25, 0.3) is 0 Å². The zero-order chi connectivity index (χ0) is 27.5. The Balaban J connectivity index is 1.44. The number of rotatable bonds is 7. The average Bonchev–Trinajstić information content (AvgIpc) is 2.96. The van der Waals surface area contributed by atoms with Crippen LogP contribution in [0.4, 0.5) is 28.8 Å². The number of aliphatic hydroxyl groups excluding tert-OH is 1. The number of aromatic nitrogens is 2. The zero-order valence-electron chi connectivity index (χ0n) is 23.0. The van der Waals surface area contributed by atoms with Crippen LogP contribution in [-0.4, -0.2) is 89.8 Å². The van der Waals surface area contributed by atoms with Crippen LogP contribution in [0.5, 0.6) is 0 Å². The molecule has 0 atom stereocenters. The number of hydroxylamine groups is 1. The molecule has 39 heavy (non-hydrogen) atoms. The van der Waals surface area contributed by atoms with E-state index >= 15 is 0 Å². The third-order valence-electron chi connectivity index (χ3n) is 7.00. The lowest BCUT2D eigenvalue weighted by Crippen LogP contribution is -2.44. The lowest BCUT2D eigenvalue weighted by molar-refractivity contribution is -0.176. The molecule has 11 nitrogen and oxygen atoms in total. The molecule has 0 unspecified atom stereocenters. The lowest BCUT2D eigenvalue weighted by Gasteiger charge is -2.38. The fraction of sp³-hybridized carbons (Fsp3) is 0.393. The highest BCUT2D eigenvalue weighted by molar-refractivity contribution is 5.95. The summed E-state index contributed by atoms with van der Waals surface area (Å²) in [6.45, 7) is 6.70. The minimum absolute atomic E-state index is 0.0547. The number of likely N-dealkylation sites (N-methyl/N-ethyl adjacent to an activating group) is 1. The van der Waals surface area contributed by atoms with E-state index in [-0.39, 0.29) is 12.5 Å². The molecule has 0 bridgehead atoms. The summed E-state index contributed by atoms with van der Waals surface area (Å²) in [5, 5.41) is 17.0. The van der Waals surface area contributed by atoms with Gasteiger partial charge in [0.05, 0.1) is 12.3 Å².